The van der Waals surface area contributed by atoms with Gasteiger partial charge >= 0.3 is 0 Å². The molecule has 5 rings (SSSR count). The molecule has 214 valence electrons. The molecule has 2 N–H and O–H groups in total. The molecule has 0 spiro atoms. The maximum atomic E-state index is 9.78. The summed E-state index contributed by atoms with van der Waals surface area (Å²) in [6, 6.07) is 17.2. The minimum Gasteiger partial charge on any atom is -0.493 e. The molecule has 0 unspecified atom stereocenters. The van der Waals surface area contributed by atoms with Crippen LogP contribution in [0.1, 0.15) is 11.1 Å². The third kappa shape index (κ3) is 7.45. The summed E-state index contributed by atoms with van der Waals surface area (Å²) in [5, 5.41) is 20.4. The summed E-state index contributed by atoms with van der Waals surface area (Å²) in [5.41, 5.74) is 4.85. The van der Waals surface area contributed by atoms with Crippen LogP contribution >= 0.6 is 0 Å². The van der Waals surface area contributed by atoms with Gasteiger partial charge in [0.05, 0.1) is 55.2 Å². The summed E-state index contributed by atoms with van der Waals surface area (Å²) in [6.07, 6.45) is 3.47. The molecule has 0 amide bonds. The Morgan fingerprint density at radius 2 is 1.85 bits per heavy atom. The lowest BCUT2D eigenvalue weighted by molar-refractivity contribution is -0.129. The van der Waals surface area contributed by atoms with Gasteiger partial charge in [-0.2, -0.15) is 10.4 Å². The first-order valence-corrected chi connectivity index (χ1v) is 13.2. The van der Waals surface area contributed by atoms with Crippen LogP contribution in [0.25, 0.3) is 5.52 Å². The van der Waals surface area contributed by atoms with Gasteiger partial charge in [-0.15, -0.1) is 0 Å². The lowest BCUT2D eigenvalue weighted by Crippen LogP contribution is -2.38. The molecule has 4 aromatic rings. The number of nitrogens with one attached hydrogen (secondary N) is 2. The number of para-hydroxylation sites is 2. The second kappa shape index (κ2) is 14.6. The molecule has 1 saturated heterocycles. The molecule has 1 aliphatic rings. The van der Waals surface area contributed by atoms with Crippen molar-refractivity contribution in [3.63, 3.8) is 0 Å². The van der Waals surface area contributed by atoms with Gasteiger partial charge in [-0.05, 0) is 43.3 Å². The maximum Gasteiger partial charge on any atom is 0.293 e. The minimum atomic E-state index is 0.473. The lowest BCUT2D eigenvalue weighted by Gasteiger charge is -2.25. The van der Waals surface area contributed by atoms with Gasteiger partial charge in [-0.25, -0.2) is 4.52 Å². The van der Waals surface area contributed by atoms with E-state index in [1.165, 1.54) is 0 Å². The van der Waals surface area contributed by atoms with Gasteiger partial charge in [0.1, 0.15) is 18.4 Å². The number of rotatable bonds is 10. The van der Waals surface area contributed by atoms with Crippen molar-refractivity contribution in [3.8, 4) is 23.3 Å². The van der Waals surface area contributed by atoms with E-state index in [0.717, 1.165) is 55.3 Å². The number of fused-ring (bicyclic) bond motifs is 1. The molecule has 0 saturated carbocycles. The number of nitriles is 1. The quantitative estimate of drug-likeness (QED) is 0.211. The summed E-state index contributed by atoms with van der Waals surface area (Å²) in [7, 11) is 3.47. The van der Waals surface area contributed by atoms with Gasteiger partial charge in [0.15, 0.2) is 11.5 Å². The van der Waals surface area contributed by atoms with E-state index in [1.807, 2.05) is 68.7 Å². The fourth-order valence-electron chi connectivity index (χ4n) is 4.39. The number of morpholine rings is 1. The average Bonchev–Trinajstić information content (AvgIpc) is 3.35. The van der Waals surface area contributed by atoms with Crippen molar-refractivity contribution in [2.45, 2.75) is 6.92 Å². The Kier molecular flexibility index (Phi) is 10.4. The van der Waals surface area contributed by atoms with Crippen molar-refractivity contribution in [3.05, 3.63) is 72.1 Å². The second-order valence-corrected chi connectivity index (χ2v) is 9.08. The van der Waals surface area contributed by atoms with Crippen LogP contribution in [0.3, 0.4) is 0 Å². The predicted octanol–water partition coefficient (Wildman–Crippen LogP) is 4.59. The Morgan fingerprint density at radius 3 is 2.51 bits per heavy atom. The number of aromatic nitrogens is 2. The summed E-state index contributed by atoms with van der Waals surface area (Å²) in [6.45, 7) is 7.28. The number of aryl methyl sites for hydroxylation is 1. The standard InChI is InChI=1S/C23H21N5O2.C7H13NO3/c1-15-19(25-2)14-28-23(15)22(16(12-24)13-26-28)27-17-8-10-18(11-9-17)30-21-7-5-4-6-20(21)29-3;9-7-11-6-3-8-1-4-10-5-2-8/h4-11,13-14,25,27H,1-3H3;7H,1-6H2. The fraction of sp³-hybridized carbons (Fsp3) is 0.300. The summed E-state index contributed by atoms with van der Waals surface area (Å²) in [5.74, 6) is 2.00. The number of nitrogens with zero attached hydrogens (tertiary/aromatic N) is 4. The first-order valence-electron chi connectivity index (χ1n) is 13.2. The molecular formula is C30H34N6O5. The third-order valence-corrected chi connectivity index (χ3v) is 6.56. The van der Waals surface area contributed by atoms with Gasteiger partial charge < -0.3 is 29.6 Å². The van der Waals surface area contributed by atoms with Crippen LogP contribution < -0.4 is 20.1 Å². The van der Waals surface area contributed by atoms with Crippen LogP contribution in [-0.4, -0.2) is 74.6 Å². The van der Waals surface area contributed by atoms with Gasteiger partial charge in [0.2, 0.25) is 0 Å². The first kappa shape index (κ1) is 29.2. The van der Waals surface area contributed by atoms with E-state index in [2.05, 4.69) is 31.4 Å². The Balaban J connectivity index is 0.000000296. The number of carbonyl (C=O) groups is 1. The van der Waals surface area contributed by atoms with Crippen LogP contribution in [0, 0.1) is 18.3 Å². The number of ether oxygens (including phenoxy) is 4. The highest BCUT2D eigenvalue weighted by Crippen LogP contribution is 2.34. The summed E-state index contributed by atoms with van der Waals surface area (Å²) in [4.78, 5) is 12.0. The molecule has 2 aromatic carbocycles. The normalized spacial score (nSPS) is 12.9. The number of carbonyl (C=O) groups excluding carboxylic acids is 1. The zero-order chi connectivity index (χ0) is 29.0. The van der Waals surface area contributed by atoms with E-state index in [4.69, 9.17) is 14.2 Å². The van der Waals surface area contributed by atoms with Crippen molar-refractivity contribution in [1.82, 2.24) is 14.5 Å². The summed E-state index contributed by atoms with van der Waals surface area (Å²) < 4.78 is 22.8. The predicted molar refractivity (Wildman–Crippen MR) is 156 cm³/mol. The minimum absolute atomic E-state index is 0.473. The van der Waals surface area contributed by atoms with E-state index >= 15 is 0 Å². The Hall–Kier alpha value is -4.79. The average molecular weight is 559 g/mol. The van der Waals surface area contributed by atoms with E-state index in [1.54, 1.807) is 17.8 Å². The first-order chi connectivity index (χ1) is 20.1. The Labute approximate surface area is 239 Å². The van der Waals surface area contributed by atoms with Crippen LogP contribution in [0.5, 0.6) is 17.2 Å². The zero-order valence-electron chi connectivity index (χ0n) is 23.4. The zero-order valence-corrected chi connectivity index (χ0v) is 23.4. The van der Waals surface area contributed by atoms with Crippen molar-refractivity contribution in [1.29, 1.82) is 5.26 Å². The van der Waals surface area contributed by atoms with Gasteiger partial charge in [0.25, 0.3) is 6.47 Å². The summed E-state index contributed by atoms with van der Waals surface area (Å²) >= 11 is 0. The number of hydrogen-bond acceptors (Lipinski definition) is 10. The van der Waals surface area contributed by atoms with Crippen molar-refractivity contribution >= 4 is 29.1 Å². The molecule has 2 aromatic heterocycles. The monoisotopic (exact) mass is 558 g/mol. The Bertz CT molecular complexity index is 1480. The smallest absolute Gasteiger partial charge is 0.293 e. The van der Waals surface area contributed by atoms with E-state index < -0.39 is 0 Å². The largest absolute Gasteiger partial charge is 0.493 e. The number of anilines is 3. The highest BCUT2D eigenvalue weighted by atomic mass is 16.5. The maximum absolute atomic E-state index is 9.78. The topological polar surface area (TPSA) is 122 Å². The SMILES string of the molecule is CNc1cn2ncc(C#N)c(Nc3ccc(Oc4ccccc4OC)cc3)c2c1C.O=COCCN1CCOCC1. The van der Waals surface area contributed by atoms with Crippen molar-refractivity contribution in [2.75, 3.05) is 64.2 Å². The van der Waals surface area contributed by atoms with E-state index in [-0.39, 0.29) is 0 Å². The molecule has 3 heterocycles. The fourth-order valence-corrected chi connectivity index (χ4v) is 4.39. The van der Waals surface area contributed by atoms with Crippen LogP contribution in [0.2, 0.25) is 0 Å². The molecule has 0 atom stereocenters. The molecule has 11 heteroatoms. The number of benzene rings is 2. The third-order valence-electron chi connectivity index (χ3n) is 6.56. The second-order valence-electron chi connectivity index (χ2n) is 9.08. The van der Waals surface area contributed by atoms with Crippen LogP contribution in [0.15, 0.2) is 60.9 Å². The van der Waals surface area contributed by atoms with Crippen LogP contribution in [0.4, 0.5) is 17.1 Å². The molecule has 41 heavy (non-hydrogen) atoms. The number of methoxy groups -OCH3 is 1. The molecule has 1 aliphatic heterocycles. The van der Waals surface area contributed by atoms with Gasteiger partial charge in [0, 0.05) is 37.9 Å². The Morgan fingerprint density at radius 1 is 1.12 bits per heavy atom. The van der Waals surface area contributed by atoms with Crippen molar-refractivity contribution in [2.24, 2.45) is 0 Å². The van der Waals surface area contributed by atoms with Crippen molar-refractivity contribution < 1.29 is 23.7 Å². The molecule has 0 aliphatic carbocycles. The van der Waals surface area contributed by atoms with Crippen LogP contribution in [-0.2, 0) is 14.3 Å². The number of hydrogen-bond donors (Lipinski definition) is 2. The molecule has 1 fully saturated rings. The lowest BCUT2D eigenvalue weighted by atomic mass is 10.1. The molecule has 11 nitrogen and oxygen atoms in total. The van der Waals surface area contributed by atoms with E-state index in [9.17, 15) is 10.1 Å². The molecule has 0 radical (unpaired) electrons. The molecular weight excluding hydrogens is 524 g/mol. The highest BCUT2D eigenvalue weighted by molar-refractivity contribution is 5.87. The van der Waals surface area contributed by atoms with Gasteiger partial charge in [-0.3, -0.25) is 9.69 Å². The molecule has 0 bridgehead atoms. The van der Waals surface area contributed by atoms with E-state index in [0.29, 0.717) is 41.6 Å². The highest BCUT2D eigenvalue weighted by Gasteiger charge is 2.15. The van der Waals surface area contributed by atoms with Gasteiger partial charge in [-0.1, -0.05) is 12.1 Å².